The van der Waals surface area contributed by atoms with Crippen molar-refractivity contribution in [3.63, 3.8) is 0 Å². The minimum absolute atomic E-state index is 0.679. The molecule has 126 valence electrons. The highest BCUT2D eigenvalue weighted by Crippen LogP contribution is 2.35. The first-order valence-corrected chi connectivity index (χ1v) is 9.41. The Morgan fingerprint density at radius 2 is 1.22 bits per heavy atom. The molecule has 2 saturated carbocycles. The van der Waals surface area contributed by atoms with Crippen LogP contribution in [-0.4, -0.2) is 0 Å². The summed E-state index contributed by atoms with van der Waals surface area (Å²) in [6.07, 6.45) is 22.1. The minimum Gasteiger partial charge on any atom is -0.103 e. The second-order valence-electron chi connectivity index (χ2n) is 7.66. The van der Waals surface area contributed by atoms with E-state index in [1.54, 1.807) is 0 Å². The predicted octanol–water partition coefficient (Wildman–Crippen LogP) is 7.03. The molecule has 2 rings (SSSR count). The molecule has 0 heterocycles. The van der Waals surface area contributed by atoms with E-state index in [0.29, 0.717) is 5.92 Å². The third-order valence-corrected chi connectivity index (χ3v) is 5.68. The van der Waals surface area contributed by atoms with Crippen molar-refractivity contribution in [1.29, 1.82) is 0 Å². The van der Waals surface area contributed by atoms with Gasteiger partial charge in [-0.05, 0) is 82.0 Å². The highest BCUT2D eigenvalue weighted by Gasteiger charge is 2.21. The van der Waals surface area contributed by atoms with Crippen molar-refractivity contribution in [2.24, 2.45) is 23.7 Å². The average Bonchev–Trinajstić information content (AvgIpc) is 2.58. The summed E-state index contributed by atoms with van der Waals surface area (Å²) in [4.78, 5) is 0. The Kier molecular flexibility index (Phi) is 7.15. The molecule has 2 aliphatic rings. The quantitative estimate of drug-likeness (QED) is 0.365. The fraction of sp³-hybridized carbons (Fsp3) is 0.565. The van der Waals surface area contributed by atoms with Gasteiger partial charge < -0.3 is 0 Å². The van der Waals surface area contributed by atoms with Gasteiger partial charge in [-0.15, -0.1) is 6.58 Å². The zero-order valence-corrected chi connectivity index (χ0v) is 15.0. The summed E-state index contributed by atoms with van der Waals surface area (Å²) >= 11 is 0. The van der Waals surface area contributed by atoms with Crippen molar-refractivity contribution in [3.8, 4) is 0 Å². The van der Waals surface area contributed by atoms with E-state index in [9.17, 15) is 0 Å². The van der Waals surface area contributed by atoms with Gasteiger partial charge in [0.15, 0.2) is 0 Å². The maximum absolute atomic E-state index is 4.26. The second kappa shape index (κ2) is 9.11. The maximum atomic E-state index is 4.26. The highest BCUT2D eigenvalue weighted by molar-refractivity contribution is 5.25. The first-order valence-electron chi connectivity index (χ1n) is 9.41. The zero-order valence-electron chi connectivity index (χ0n) is 15.0. The molecule has 2 aliphatic carbocycles. The Balaban J connectivity index is 1.72. The summed E-state index contributed by atoms with van der Waals surface area (Å²) in [7, 11) is 0. The molecule has 0 aliphatic heterocycles. The van der Waals surface area contributed by atoms with E-state index in [1.165, 1.54) is 56.9 Å². The van der Waals surface area contributed by atoms with Crippen LogP contribution in [0.15, 0.2) is 61.3 Å². The molecule has 0 spiro atoms. The van der Waals surface area contributed by atoms with E-state index in [-0.39, 0.29) is 0 Å². The second-order valence-corrected chi connectivity index (χ2v) is 7.66. The van der Waals surface area contributed by atoms with Gasteiger partial charge in [-0.25, -0.2) is 0 Å². The lowest BCUT2D eigenvalue weighted by Gasteiger charge is -2.28. The molecule has 0 radical (unpaired) electrons. The SMILES string of the molecule is C=CC1CCC(/C=C/C2CCC(C(=C)/C=C\C(=C)C)CC2)CC1. The average molecular weight is 311 g/mol. The van der Waals surface area contributed by atoms with Crippen molar-refractivity contribution in [1.82, 2.24) is 0 Å². The third-order valence-electron chi connectivity index (χ3n) is 5.68. The number of hydrogen-bond acceptors (Lipinski definition) is 0. The van der Waals surface area contributed by atoms with E-state index < -0.39 is 0 Å². The normalized spacial score (nSPS) is 32.2. The summed E-state index contributed by atoms with van der Waals surface area (Å²) in [5.41, 5.74) is 2.40. The Labute approximate surface area is 143 Å². The van der Waals surface area contributed by atoms with Gasteiger partial charge in [0.2, 0.25) is 0 Å². The van der Waals surface area contributed by atoms with E-state index >= 15 is 0 Å². The Hall–Kier alpha value is -1.30. The smallest absolute Gasteiger partial charge is 0.0167 e. The molecule has 0 unspecified atom stereocenters. The number of rotatable bonds is 6. The summed E-state index contributed by atoms with van der Waals surface area (Å²) < 4.78 is 0. The molecule has 0 N–H and O–H groups in total. The molecule has 0 aromatic rings. The van der Waals surface area contributed by atoms with Crippen LogP contribution < -0.4 is 0 Å². The van der Waals surface area contributed by atoms with Crippen molar-refractivity contribution in [2.45, 2.75) is 58.3 Å². The fourth-order valence-corrected chi connectivity index (χ4v) is 3.96. The number of allylic oxidation sites excluding steroid dienone is 7. The fourth-order valence-electron chi connectivity index (χ4n) is 3.96. The van der Waals surface area contributed by atoms with Gasteiger partial charge in [-0.2, -0.15) is 0 Å². The van der Waals surface area contributed by atoms with Gasteiger partial charge in [-0.1, -0.05) is 54.7 Å². The van der Waals surface area contributed by atoms with Crippen molar-refractivity contribution in [2.75, 3.05) is 0 Å². The predicted molar refractivity (Wildman–Crippen MR) is 103 cm³/mol. The van der Waals surface area contributed by atoms with Crippen LogP contribution in [0.5, 0.6) is 0 Å². The van der Waals surface area contributed by atoms with E-state index in [1.807, 2.05) is 6.92 Å². The van der Waals surface area contributed by atoms with Crippen LogP contribution in [0.2, 0.25) is 0 Å². The van der Waals surface area contributed by atoms with Gasteiger partial charge in [0.05, 0.1) is 0 Å². The van der Waals surface area contributed by atoms with Crippen LogP contribution in [-0.2, 0) is 0 Å². The molecule has 0 saturated heterocycles. The van der Waals surface area contributed by atoms with Crippen molar-refractivity contribution < 1.29 is 0 Å². The summed E-state index contributed by atoms with van der Waals surface area (Å²) in [6.45, 7) is 14.2. The maximum Gasteiger partial charge on any atom is -0.0167 e. The zero-order chi connectivity index (χ0) is 16.7. The monoisotopic (exact) mass is 310 g/mol. The van der Waals surface area contributed by atoms with Crippen molar-refractivity contribution >= 4 is 0 Å². The molecule has 0 bridgehead atoms. The summed E-state index contributed by atoms with van der Waals surface area (Å²) in [5.74, 6) is 3.06. The van der Waals surface area contributed by atoms with Crippen LogP contribution in [0.4, 0.5) is 0 Å². The lowest BCUT2D eigenvalue weighted by atomic mass is 9.77. The van der Waals surface area contributed by atoms with Crippen LogP contribution in [0.3, 0.4) is 0 Å². The van der Waals surface area contributed by atoms with Gasteiger partial charge in [0.25, 0.3) is 0 Å². The molecule has 0 aromatic carbocycles. The summed E-state index contributed by atoms with van der Waals surface area (Å²) in [6, 6.07) is 0. The van der Waals surface area contributed by atoms with Crippen LogP contribution in [0.1, 0.15) is 58.3 Å². The molecule has 0 amide bonds. The molecule has 0 heteroatoms. The molecule has 0 nitrogen and oxygen atoms in total. The van der Waals surface area contributed by atoms with Crippen molar-refractivity contribution in [3.05, 3.63) is 61.3 Å². The topological polar surface area (TPSA) is 0 Å². The molecule has 2 fully saturated rings. The van der Waals surface area contributed by atoms with E-state index in [2.05, 4.69) is 50.1 Å². The van der Waals surface area contributed by atoms with E-state index in [4.69, 9.17) is 0 Å². The molecule has 0 atom stereocenters. The summed E-state index contributed by atoms with van der Waals surface area (Å²) in [5, 5.41) is 0. The van der Waals surface area contributed by atoms with Gasteiger partial charge in [0.1, 0.15) is 0 Å². The Bertz CT molecular complexity index is 460. The van der Waals surface area contributed by atoms with Gasteiger partial charge >= 0.3 is 0 Å². The molecule has 0 aromatic heterocycles. The van der Waals surface area contributed by atoms with Crippen LogP contribution >= 0.6 is 0 Å². The molecule has 23 heavy (non-hydrogen) atoms. The largest absolute Gasteiger partial charge is 0.103 e. The lowest BCUT2D eigenvalue weighted by Crippen LogP contribution is -2.15. The Morgan fingerprint density at radius 3 is 1.70 bits per heavy atom. The van der Waals surface area contributed by atoms with Gasteiger partial charge in [-0.3, -0.25) is 0 Å². The Morgan fingerprint density at radius 1 is 0.739 bits per heavy atom. The van der Waals surface area contributed by atoms with E-state index in [0.717, 1.165) is 23.3 Å². The molecular formula is C23H34. The lowest BCUT2D eigenvalue weighted by molar-refractivity contribution is 0.338. The standard InChI is InChI=1S/C23H34/c1-5-20-8-10-21(11-9-20)12-13-22-14-16-23(17-15-22)19(4)7-6-18(2)3/h5-7,12-13,20-23H,1-2,4,8-11,14-17H2,3H3/b7-6-,13-12+. The number of hydrogen-bond donors (Lipinski definition) is 0. The minimum atomic E-state index is 0.679. The van der Waals surface area contributed by atoms with Crippen LogP contribution in [0.25, 0.3) is 0 Å². The van der Waals surface area contributed by atoms with Crippen LogP contribution in [0, 0.1) is 23.7 Å². The highest BCUT2D eigenvalue weighted by atomic mass is 14.3. The first-order chi connectivity index (χ1) is 11.1. The first kappa shape index (κ1) is 18.0. The van der Waals surface area contributed by atoms with Gasteiger partial charge in [0, 0.05) is 0 Å². The molecular weight excluding hydrogens is 276 g/mol. The third kappa shape index (κ3) is 6.01.